The van der Waals surface area contributed by atoms with Crippen LogP contribution in [0.5, 0.6) is 0 Å². The molecular formula is C7H11NO5S. The molecule has 1 heterocycles. The highest BCUT2D eigenvalue weighted by Gasteiger charge is 2.41. The number of nitrogens with zero attached hydrogens (tertiary/aromatic N) is 1. The van der Waals surface area contributed by atoms with Crippen molar-refractivity contribution in [1.29, 1.82) is 0 Å². The van der Waals surface area contributed by atoms with E-state index in [4.69, 9.17) is 0 Å². The van der Waals surface area contributed by atoms with Gasteiger partial charge in [0, 0.05) is 6.42 Å². The molecule has 0 aliphatic carbocycles. The normalized spacial score (nSPS) is 23.9. The predicted molar refractivity (Wildman–Crippen MR) is 47.0 cm³/mol. The summed E-state index contributed by atoms with van der Waals surface area (Å²) in [5.74, 6) is -0.966. The van der Waals surface area contributed by atoms with Crippen LogP contribution in [0.15, 0.2) is 0 Å². The number of methoxy groups -OCH3 is 1. The SMILES string of the molecule is COC(=O)[C@@H]1CC(=O)CN1S(C)(=O)=O. The van der Waals surface area contributed by atoms with E-state index in [0.29, 0.717) is 0 Å². The molecule has 1 aliphatic heterocycles. The summed E-state index contributed by atoms with van der Waals surface area (Å²) in [5.41, 5.74) is 0. The molecule has 1 rings (SSSR count). The summed E-state index contributed by atoms with van der Waals surface area (Å²) in [6, 6.07) is -0.984. The van der Waals surface area contributed by atoms with Gasteiger partial charge in [0.15, 0.2) is 0 Å². The zero-order valence-electron chi connectivity index (χ0n) is 7.89. The standard InChI is InChI=1S/C7H11NO5S/c1-13-7(10)6-3-5(9)4-8(6)14(2,11)12/h6H,3-4H2,1-2H3/t6-/m0/s1. The molecule has 0 bridgehead atoms. The molecule has 0 spiro atoms. The Kier molecular flexibility index (Phi) is 2.91. The van der Waals surface area contributed by atoms with Gasteiger partial charge in [0.05, 0.1) is 19.9 Å². The lowest BCUT2D eigenvalue weighted by Crippen LogP contribution is -2.40. The lowest BCUT2D eigenvalue weighted by molar-refractivity contribution is -0.144. The Bertz CT molecular complexity index is 360. The van der Waals surface area contributed by atoms with E-state index < -0.39 is 22.0 Å². The first-order valence-corrected chi connectivity index (χ1v) is 5.77. The van der Waals surface area contributed by atoms with Crippen LogP contribution in [0.3, 0.4) is 0 Å². The van der Waals surface area contributed by atoms with Crippen LogP contribution in [-0.4, -0.2) is 50.4 Å². The molecule has 0 unspecified atom stereocenters. The van der Waals surface area contributed by atoms with Crippen LogP contribution in [-0.2, 0) is 24.3 Å². The van der Waals surface area contributed by atoms with Gasteiger partial charge in [0.2, 0.25) is 10.0 Å². The number of esters is 1. The number of ketones is 1. The third kappa shape index (κ3) is 2.10. The van der Waals surface area contributed by atoms with Crippen LogP contribution in [0.1, 0.15) is 6.42 Å². The average Bonchev–Trinajstić information content (AvgIpc) is 2.45. The fourth-order valence-electron chi connectivity index (χ4n) is 1.35. The summed E-state index contributed by atoms with van der Waals surface area (Å²) in [6.07, 6.45) is 0.862. The van der Waals surface area contributed by atoms with Gasteiger partial charge >= 0.3 is 5.97 Å². The monoisotopic (exact) mass is 221 g/mol. The van der Waals surface area contributed by atoms with E-state index in [0.717, 1.165) is 17.7 Å². The third-order valence-corrected chi connectivity index (χ3v) is 3.24. The molecular weight excluding hydrogens is 210 g/mol. The molecule has 80 valence electrons. The topological polar surface area (TPSA) is 80.8 Å². The number of rotatable bonds is 2. The Morgan fingerprint density at radius 3 is 2.57 bits per heavy atom. The van der Waals surface area contributed by atoms with Crippen molar-refractivity contribution in [2.24, 2.45) is 0 Å². The lowest BCUT2D eigenvalue weighted by Gasteiger charge is -2.18. The minimum atomic E-state index is -3.53. The zero-order chi connectivity index (χ0) is 10.9. The van der Waals surface area contributed by atoms with Gasteiger partial charge in [0.1, 0.15) is 11.8 Å². The summed E-state index contributed by atoms with van der Waals surface area (Å²) in [4.78, 5) is 22.2. The van der Waals surface area contributed by atoms with Crippen LogP contribution >= 0.6 is 0 Å². The molecule has 0 amide bonds. The number of hydrogen-bond donors (Lipinski definition) is 0. The Balaban J connectivity index is 2.95. The van der Waals surface area contributed by atoms with Gasteiger partial charge in [-0.2, -0.15) is 4.31 Å². The van der Waals surface area contributed by atoms with Gasteiger partial charge in [-0.3, -0.25) is 9.59 Å². The largest absolute Gasteiger partial charge is 0.468 e. The molecule has 0 saturated carbocycles. The van der Waals surface area contributed by atoms with E-state index >= 15 is 0 Å². The summed E-state index contributed by atoms with van der Waals surface area (Å²) >= 11 is 0. The van der Waals surface area contributed by atoms with Crippen molar-refractivity contribution in [2.45, 2.75) is 12.5 Å². The van der Waals surface area contributed by atoms with Gasteiger partial charge in [-0.15, -0.1) is 0 Å². The minimum Gasteiger partial charge on any atom is -0.468 e. The highest BCUT2D eigenvalue weighted by atomic mass is 32.2. The summed E-state index contributed by atoms with van der Waals surface area (Å²) in [7, 11) is -2.37. The first-order valence-electron chi connectivity index (χ1n) is 3.92. The first-order chi connectivity index (χ1) is 6.36. The maximum Gasteiger partial charge on any atom is 0.324 e. The molecule has 1 atom stereocenters. The lowest BCUT2D eigenvalue weighted by atomic mass is 10.2. The van der Waals surface area contributed by atoms with E-state index in [1.54, 1.807) is 0 Å². The number of ether oxygens (including phenoxy) is 1. The minimum absolute atomic E-state index is 0.0975. The van der Waals surface area contributed by atoms with Crippen molar-refractivity contribution in [3.8, 4) is 0 Å². The summed E-state index contributed by atoms with van der Waals surface area (Å²) in [6.45, 7) is -0.238. The molecule has 0 radical (unpaired) electrons. The van der Waals surface area contributed by atoms with Crippen molar-refractivity contribution >= 4 is 21.8 Å². The molecule has 1 fully saturated rings. The second kappa shape index (κ2) is 3.66. The van der Waals surface area contributed by atoms with E-state index in [-0.39, 0.29) is 18.7 Å². The van der Waals surface area contributed by atoms with Crippen molar-refractivity contribution < 1.29 is 22.7 Å². The second-order valence-electron chi connectivity index (χ2n) is 3.09. The molecule has 7 heteroatoms. The Morgan fingerprint density at radius 1 is 1.57 bits per heavy atom. The van der Waals surface area contributed by atoms with E-state index in [9.17, 15) is 18.0 Å². The molecule has 0 N–H and O–H groups in total. The van der Waals surface area contributed by atoms with Crippen LogP contribution in [0, 0.1) is 0 Å². The Labute approximate surface area is 81.9 Å². The Hall–Kier alpha value is -0.950. The van der Waals surface area contributed by atoms with Crippen molar-refractivity contribution in [2.75, 3.05) is 19.9 Å². The molecule has 1 aliphatic rings. The second-order valence-corrected chi connectivity index (χ2v) is 5.03. The van der Waals surface area contributed by atoms with Crippen molar-refractivity contribution in [3.63, 3.8) is 0 Å². The first kappa shape index (κ1) is 11.1. The number of carbonyl (C=O) groups excluding carboxylic acids is 2. The maximum atomic E-state index is 11.2. The quantitative estimate of drug-likeness (QED) is 0.545. The average molecular weight is 221 g/mol. The Morgan fingerprint density at radius 2 is 2.14 bits per heavy atom. The van der Waals surface area contributed by atoms with Crippen LogP contribution in [0.2, 0.25) is 0 Å². The van der Waals surface area contributed by atoms with E-state index in [1.165, 1.54) is 0 Å². The molecule has 0 aromatic rings. The smallest absolute Gasteiger partial charge is 0.324 e. The highest BCUT2D eigenvalue weighted by Crippen LogP contribution is 2.18. The fourth-order valence-corrected chi connectivity index (χ4v) is 2.35. The van der Waals surface area contributed by atoms with Gasteiger partial charge < -0.3 is 4.74 Å². The van der Waals surface area contributed by atoms with E-state index in [1.807, 2.05) is 0 Å². The number of Topliss-reactive ketones (excluding diaryl/α,β-unsaturated/α-hetero) is 1. The van der Waals surface area contributed by atoms with Gasteiger partial charge in [0.25, 0.3) is 0 Å². The number of hydrogen-bond acceptors (Lipinski definition) is 5. The highest BCUT2D eigenvalue weighted by molar-refractivity contribution is 7.88. The number of sulfonamides is 1. The van der Waals surface area contributed by atoms with Gasteiger partial charge in [-0.1, -0.05) is 0 Å². The third-order valence-electron chi connectivity index (χ3n) is 2.00. The predicted octanol–water partition coefficient (Wildman–Crippen LogP) is -1.24. The van der Waals surface area contributed by atoms with Crippen LogP contribution < -0.4 is 0 Å². The number of carbonyl (C=O) groups is 2. The van der Waals surface area contributed by atoms with Crippen molar-refractivity contribution in [3.05, 3.63) is 0 Å². The van der Waals surface area contributed by atoms with Gasteiger partial charge in [-0.05, 0) is 0 Å². The van der Waals surface area contributed by atoms with E-state index in [2.05, 4.69) is 4.74 Å². The molecule has 1 saturated heterocycles. The summed E-state index contributed by atoms with van der Waals surface area (Å²) < 4.78 is 27.6. The van der Waals surface area contributed by atoms with Gasteiger partial charge in [-0.25, -0.2) is 8.42 Å². The summed E-state index contributed by atoms with van der Waals surface area (Å²) in [5, 5.41) is 0. The maximum absolute atomic E-state index is 11.2. The van der Waals surface area contributed by atoms with Crippen LogP contribution in [0.25, 0.3) is 0 Å². The molecule has 14 heavy (non-hydrogen) atoms. The van der Waals surface area contributed by atoms with Crippen LogP contribution in [0.4, 0.5) is 0 Å². The molecule has 0 aromatic carbocycles. The molecule has 6 nitrogen and oxygen atoms in total. The molecule has 0 aromatic heterocycles. The zero-order valence-corrected chi connectivity index (χ0v) is 8.70. The van der Waals surface area contributed by atoms with Crippen molar-refractivity contribution in [1.82, 2.24) is 4.31 Å². The fraction of sp³-hybridized carbons (Fsp3) is 0.714.